The molecule has 0 unspecified atom stereocenters. The van der Waals surface area contributed by atoms with E-state index in [1.54, 1.807) is 35.2 Å². The number of aliphatic hydroxyl groups excluding tert-OH is 2. The van der Waals surface area contributed by atoms with Gasteiger partial charge in [0.15, 0.2) is 0 Å². The highest BCUT2D eigenvalue weighted by atomic mass is 32.2. The molecule has 3 aromatic carbocycles. The Hall–Kier alpha value is -5.80. The summed E-state index contributed by atoms with van der Waals surface area (Å²) >= 11 is 0.643. The molecule has 62 heavy (non-hydrogen) atoms. The van der Waals surface area contributed by atoms with E-state index >= 15 is 0 Å². The van der Waals surface area contributed by atoms with Crippen LogP contribution in [-0.2, 0) is 19.5 Å². The Kier molecular flexibility index (Phi) is 17.9. The van der Waals surface area contributed by atoms with Crippen molar-refractivity contribution in [3.63, 3.8) is 0 Å². The number of ether oxygens (including phenoxy) is 2. The number of hydrogen-bond donors (Lipinski definition) is 7. The third kappa shape index (κ3) is 15.0. The van der Waals surface area contributed by atoms with Gasteiger partial charge in [-0.1, -0.05) is 47.5 Å². The number of rotatable bonds is 25. The lowest BCUT2D eigenvalue weighted by Crippen LogP contribution is -2.31. The first kappa shape index (κ1) is 47.3. The number of nitrogens with one attached hydrogen (secondary N) is 3. The molecule has 0 aliphatic rings. The van der Waals surface area contributed by atoms with Crippen molar-refractivity contribution < 1.29 is 47.3 Å². The summed E-state index contributed by atoms with van der Waals surface area (Å²) in [5.74, 6) is 0.442. The van der Waals surface area contributed by atoms with Crippen LogP contribution in [-0.4, -0.2) is 149 Å². The zero-order chi connectivity index (χ0) is 44.5. The van der Waals surface area contributed by atoms with Gasteiger partial charge in [0.05, 0.1) is 25.3 Å². The molecule has 24 heteroatoms. The first-order valence-electron chi connectivity index (χ1n) is 18.8. The Morgan fingerprint density at radius 3 is 1.76 bits per heavy atom. The van der Waals surface area contributed by atoms with E-state index in [1.807, 2.05) is 68.3 Å². The van der Waals surface area contributed by atoms with Crippen molar-refractivity contribution in [2.75, 3.05) is 102 Å². The molecule has 0 aliphatic carbocycles. The minimum atomic E-state index is -4.77. The van der Waals surface area contributed by atoms with Crippen LogP contribution in [0.4, 0.5) is 40.9 Å². The van der Waals surface area contributed by atoms with Crippen molar-refractivity contribution in [1.29, 1.82) is 0 Å². The lowest BCUT2D eigenvalue weighted by Gasteiger charge is -2.21. The SMILES string of the molecule is CN(C)CCOc1nc(Nc2ccccc2)nc(Nc2ccc(C=Cc3ccc(Nc4nc(OCCN(C)C)nc(N(CCO)CCO)n4)cc3SOOO)c(S(=O)(=O)O)c2)n1. The van der Waals surface area contributed by atoms with E-state index in [0.29, 0.717) is 53.6 Å². The van der Waals surface area contributed by atoms with Crippen LogP contribution in [0.5, 0.6) is 12.0 Å². The van der Waals surface area contributed by atoms with Gasteiger partial charge in [-0.05, 0) is 75.7 Å². The standard InChI is InChI=1S/C38H48N12O10S2/c1-48(2)18-22-57-37-44-33(39-28-8-6-5-7-9-28)42-34(45-37)41-30-15-13-27(32(25-30)62(54,55)56)11-10-26-12-14-29(24-31(26)61-60-59-53)40-35-43-36(50(16-20-51)17-21-52)47-38(46-35)58-23-19-49(3)4/h5-15,24-25,51-53H,16-23H2,1-4H3,(H,54,55,56)(H,40,43,46,47)(H2,39,41,42,44,45). The lowest BCUT2D eigenvalue weighted by molar-refractivity contribution is -0.432. The minimum absolute atomic E-state index is 0.00903. The Balaban J connectivity index is 1.42. The third-order valence-corrected chi connectivity index (χ3v) is 9.80. The number of likely N-dealkylation sites (N-methyl/N-ethyl adjacent to an activating group) is 2. The van der Waals surface area contributed by atoms with Crippen LogP contribution in [0.1, 0.15) is 11.1 Å². The van der Waals surface area contributed by atoms with Gasteiger partial charge in [0.1, 0.15) is 18.1 Å². The fourth-order valence-electron chi connectivity index (χ4n) is 5.27. The second kappa shape index (κ2) is 23.4. The van der Waals surface area contributed by atoms with E-state index in [2.05, 4.69) is 50.9 Å². The summed E-state index contributed by atoms with van der Waals surface area (Å²) in [5, 5.41) is 41.2. The summed E-state index contributed by atoms with van der Waals surface area (Å²) in [7, 11) is 2.81. The molecule has 0 saturated carbocycles. The molecule has 0 spiro atoms. The maximum atomic E-state index is 12.7. The van der Waals surface area contributed by atoms with Crippen LogP contribution in [0.2, 0.25) is 0 Å². The smallest absolute Gasteiger partial charge is 0.323 e. The average molecular weight is 897 g/mol. The van der Waals surface area contributed by atoms with E-state index in [0.717, 1.165) is 0 Å². The molecule has 5 aromatic rings. The van der Waals surface area contributed by atoms with Gasteiger partial charge in [-0.25, -0.2) is 5.26 Å². The van der Waals surface area contributed by atoms with Gasteiger partial charge in [0.2, 0.25) is 23.8 Å². The van der Waals surface area contributed by atoms with Gasteiger partial charge in [-0.2, -0.15) is 38.3 Å². The summed E-state index contributed by atoms with van der Waals surface area (Å²) < 4.78 is 52.0. The van der Waals surface area contributed by atoms with Crippen LogP contribution in [0, 0.1) is 0 Å². The van der Waals surface area contributed by atoms with Crippen molar-refractivity contribution in [2.24, 2.45) is 0 Å². The molecule has 0 amide bonds. The maximum absolute atomic E-state index is 12.7. The van der Waals surface area contributed by atoms with Crippen LogP contribution in [0.25, 0.3) is 12.2 Å². The van der Waals surface area contributed by atoms with E-state index in [4.69, 9.17) is 19.1 Å². The molecule has 5 rings (SSSR count). The van der Waals surface area contributed by atoms with Gasteiger partial charge in [0, 0.05) is 48.1 Å². The van der Waals surface area contributed by atoms with Crippen molar-refractivity contribution in [1.82, 2.24) is 39.7 Å². The minimum Gasteiger partial charge on any atom is -0.462 e. The molecule has 0 radical (unpaired) electrons. The maximum Gasteiger partial charge on any atom is 0.323 e. The zero-order valence-electron chi connectivity index (χ0n) is 34.2. The van der Waals surface area contributed by atoms with Gasteiger partial charge in [-0.15, -0.1) is 4.33 Å². The second-order valence-corrected chi connectivity index (χ2v) is 15.7. The Morgan fingerprint density at radius 1 is 0.661 bits per heavy atom. The molecule has 22 nitrogen and oxygen atoms in total. The Bertz CT molecular complexity index is 2340. The van der Waals surface area contributed by atoms with Gasteiger partial charge < -0.3 is 50.3 Å². The predicted octanol–water partition coefficient (Wildman–Crippen LogP) is 3.80. The highest BCUT2D eigenvalue weighted by Gasteiger charge is 2.18. The Morgan fingerprint density at radius 2 is 1.19 bits per heavy atom. The summed E-state index contributed by atoms with van der Waals surface area (Å²) in [6, 6.07) is 18.5. The van der Waals surface area contributed by atoms with Crippen molar-refractivity contribution in [3.8, 4) is 12.0 Å². The van der Waals surface area contributed by atoms with Crippen molar-refractivity contribution in [3.05, 3.63) is 77.9 Å². The van der Waals surface area contributed by atoms with E-state index in [-0.39, 0.29) is 80.0 Å². The van der Waals surface area contributed by atoms with Crippen LogP contribution in [0.15, 0.2) is 76.5 Å². The monoisotopic (exact) mass is 896 g/mol. The lowest BCUT2D eigenvalue weighted by atomic mass is 10.1. The predicted molar refractivity (Wildman–Crippen MR) is 233 cm³/mol. The molecular formula is C38H48N12O10S2. The van der Waals surface area contributed by atoms with Gasteiger partial charge in [-0.3, -0.25) is 4.55 Å². The number of anilines is 7. The normalized spacial score (nSPS) is 11.6. The topological polar surface area (TPSA) is 275 Å². The largest absolute Gasteiger partial charge is 0.462 e. The summed E-state index contributed by atoms with van der Waals surface area (Å²) in [6.07, 6.45) is 3.03. The van der Waals surface area contributed by atoms with Crippen molar-refractivity contribution >= 4 is 75.2 Å². The van der Waals surface area contributed by atoms with E-state index in [1.165, 1.54) is 18.2 Å². The first-order chi connectivity index (χ1) is 29.8. The number of para-hydroxylation sites is 1. The summed E-state index contributed by atoms with van der Waals surface area (Å²) in [6.45, 7) is 1.59. The number of hydrogen-bond acceptors (Lipinski definition) is 22. The quantitative estimate of drug-likeness (QED) is 0.0144. The number of benzene rings is 3. The van der Waals surface area contributed by atoms with Crippen LogP contribution >= 0.6 is 12.0 Å². The third-order valence-electron chi connectivity index (χ3n) is 8.22. The fourth-order valence-corrected chi connectivity index (χ4v) is 6.49. The van der Waals surface area contributed by atoms with Crippen molar-refractivity contribution in [2.45, 2.75) is 9.79 Å². The molecule has 0 fully saturated rings. The fraction of sp³-hybridized carbons (Fsp3) is 0.316. The highest BCUT2D eigenvalue weighted by molar-refractivity contribution is 7.94. The molecule has 332 valence electrons. The van der Waals surface area contributed by atoms with Gasteiger partial charge in [0.25, 0.3) is 10.1 Å². The highest BCUT2D eigenvalue weighted by Crippen LogP contribution is 2.32. The first-order valence-corrected chi connectivity index (χ1v) is 21.0. The van der Waals surface area contributed by atoms with E-state index in [9.17, 15) is 23.2 Å². The molecule has 0 atom stereocenters. The van der Waals surface area contributed by atoms with Crippen LogP contribution < -0.4 is 30.3 Å². The Labute approximate surface area is 362 Å². The second-order valence-electron chi connectivity index (χ2n) is 13.5. The molecule has 2 heterocycles. The molecule has 0 saturated heterocycles. The molecular weight excluding hydrogens is 849 g/mol. The summed E-state index contributed by atoms with van der Waals surface area (Å²) in [4.78, 5) is 31.7. The average Bonchev–Trinajstić information content (AvgIpc) is 3.22. The zero-order valence-corrected chi connectivity index (χ0v) is 35.9. The number of aromatic nitrogens is 6. The van der Waals surface area contributed by atoms with Crippen LogP contribution in [0.3, 0.4) is 0 Å². The molecule has 7 N–H and O–H groups in total. The molecule has 0 bridgehead atoms. The molecule has 0 aliphatic heterocycles. The number of nitrogens with zero attached hydrogens (tertiary/aromatic N) is 9. The van der Waals surface area contributed by atoms with Gasteiger partial charge >= 0.3 is 12.0 Å². The van der Waals surface area contributed by atoms with E-state index < -0.39 is 15.0 Å². The molecule has 2 aromatic heterocycles. The summed E-state index contributed by atoms with van der Waals surface area (Å²) in [5.41, 5.74) is 1.99. The number of aliphatic hydroxyl groups is 2.